The summed E-state index contributed by atoms with van der Waals surface area (Å²) < 4.78 is 15.1. The van der Waals surface area contributed by atoms with E-state index >= 15 is 0 Å². The molecule has 6 nitrogen and oxygen atoms in total. The lowest BCUT2D eigenvalue weighted by Gasteiger charge is -2.06. The number of ether oxygens (including phenoxy) is 2. The summed E-state index contributed by atoms with van der Waals surface area (Å²) in [4.78, 5) is 23.2. The van der Waals surface area contributed by atoms with E-state index < -0.39 is 11.9 Å². The zero-order valence-corrected chi connectivity index (χ0v) is 12.9. The molecule has 1 N–H and O–H groups in total. The summed E-state index contributed by atoms with van der Waals surface area (Å²) in [5.41, 5.74) is 0.591. The number of benzene rings is 1. The number of amides is 1. The van der Waals surface area contributed by atoms with Gasteiger partial charge in [0.05, 0.1) is 7.11 Å². The summed E-state index contributed by atoms with van der Waals surface area (Å²) in [5, 5.41) is 2.61. The van der Waals surface area contributed by atoms with Gasteiger partial charge in [0.1, 0.15) is 17.3 Å². The normalized spacial score (nSPS) is 10.5. The smallest absolute Gasteiger partial charge is 0.331 e. The summed E-state index contributed by atoms with van der Waals surface area (Å²) in [7, 11) is 1.56. The van der Waals surface area contributed by atoms with Gasteiger partial charge in [0, 0.05) is 11.8 Å². The van der Waals surface area contributed by atoms with E-state index in [1.807, 2.05) is 0 Å². The second-order valence-electron chi connectivity index (χ2n) is 4.67. The first-order valence-electron chi connectivity index (χ1n) is 6.92. The number of carbonyl (C=O) groups excluding carboxylic acids is 2. The van der Waals surface area contributed by atoms with Crippen molar-refractivity contribution < 1.29 is 23.5 Å². The fourth-order valence-electron chi connectivity index (χ4n) is 1.75. The van der Waals surface area contributed by atoms with Crippen molar-refractivity contribution in [2.45, 2.75) is 6.92 Å². The molecular weight excluding hydrogens is 298 g/mol. The first kappa shape index (κ1) is 16.4. The molecule has 0 bridgehead atoms. The van der Waals surface area contributed by atoms with E-state index in [2.05, 4.69) is 5.32 Å². The van der Waals surface area contributed by atoms with Gasteiger partial charge in [-0.05, 0) is 49.4 Å². The lowest BCUT2D eigenvalue weighted by Crippen LogP contribution is -2.20. The molecule has 0 aliphatic heterocycles. The number of aryl methyl sites for hydroxylation is 1. The van der Waals surface area contributed by atoms with Gasteiger partial charge in [-0.25, -0.2) is 4.79 Å². The van der Waals surface area contributed by atoms with Gasteiger partial charge < -0.3 is 19.2 Å². The van der Waals surface area contributed by atoms with E-state index in [-0.39, 0.29) is 6.61 Å². The maximum absolute atomic E-state index is 11.7. The standard InChI is InChI=1S/C17H17NO5/c1-12-3-6-15(23-12)9-10-17(20)22-11-16(19)18-13-4-7-14(21-2)8-5-13/h3-10H,11H2,1-2H3,(H,18,19)/b10-9+. The minimum atomic E-state index is -0.621. The highest BCUT2D eigenvalue weighted by atomic mass is 16.5. The predicted octanol–water partition coefficient (Wildman–Crippen LogP) is 2.79. The molecule has 0 aliphatic carbocycles. The molecule has 0 atom stereocenters. The maximum Gasteiger partial charge on any atom is 0.331 e. The van der Waals surface area contributed by atoms with E-state index in [1.54, 1.807) is 50.4 Å². The second kappa shape index (κ2) is 7.84. The number of methoxy groups -OCH3 is 1. The molecule has 0 saturated carbocycles. The molecule has 2 rings (SSSR count). The summed E-state index contributed by atoms with van der Waals surface area (Å²) in [5.74, 6) is 0.932. The Balaban J connectivity index is 1.76. The van der Waals surface area contributed by atoms with Crippen LogP contribution in [0.25, 0.3) is 6.08 Å². The van der Waals surface area contributed by atoms with Gasteiger partial charge in [-0.3, -0.25) is 4.79 Å². The van der Waals surface area contributed by atoms with Gasteiger partial charge in [-0.2, -0.15) is 0 Å². The third-order valence-electron chi connectivity index (χ3n) is 2.86. The number of carbonyl (C=O) groups is 2. The molecule has 1 heterocycles. The molecule has 0 radical (unpaired) electrons. The number of furan rings is 1. The molecule has 0 unspecified atom stereocenters. The first-order valence-corrected chi connectivity index (χ1v) is 6.92. The molecule has 1 aromatic carbocycles. The van der Waals surface area contributed by atoms with Crippen LogP contribution in [0.4, 0.5) is 5.69 Å². The van der Waals surface area contributed by atoms with Crippen molar-refractivity contribution >= 4 is 23.6 Å². The van der Waals surface area contributed by atoms with E-state index in [4.69, 9.17) is 13.9 Å². The van der Waals surface area contributed by atoms with Gasteiger partial charge in [-0.1, -0.05) is 0 Å². The zero-order chi connectivity index (χ0) is 16.7. The van der Waals surface area contributed by atoms with Crippen molar-refractivity contribution in [2.75, 3.05) is 19.0 Å². The Hall–Kier alpha value is -3.02. The molecule has 120 valence electrons. The summed E-state index contributed by atoms with van der Waals surface area (Å²) >= 11 is 0. The molecule has 23 heavy (non-hydrogen) atoms. The van der Waals surface area contributed by atoms with Crippen LogP contribution in [-0.2, 0) is 14.3 Å². The molecule has 6 heteroatoms. The number of rotatable bonds is 6. The lowest BCUT2D eigenvalue weighted by atomic mass is 10.3. The monoisotopic (exact) mass is 315 g/mol. The van der Waals surface area contributed by atoms with Gasteiger partial charge >= 0.3 is 5.97 Å². The second-order valence-corrected chi connectivity index (χ2v) is 4.67. The Morgan fingerprint density at radius 1 is 1.17 bits per heavy atom. The van der Waals surface area contributed by atoms with Crippen molar-refractivity contribution in [2.24, 2.45) is 0 Å². The highest BCUT2D eigenvalue weighted by Gasteiger charge is 2.06. The molecule has 1 aromatic heterocycles. The Morgan fingerprint density at radius 3 is 2.52 bits per heavy atom. The topological polar surface area (TPSA) is 77.8 Å². The Labute approximate surface area is 133 Å². The number of nitrogens with one attached hydrogen (secondary N) is 1. The quantitative estimate of drug-likeness (QED) is 0.655. The fraction of sp³-hybridized carbons (Fsp3) is 0.176. The number of anilines is 1. The minimum absolute atomic E-state index is 0.369. The highest BCUT2D eigenvalue weighted by Crippen LogP contribution is 2.14. The Morgan fingerprint density at radius 2 is 1.91 bits per heavy atom. The van der Waals surface area contributed by atoms with E-state index in [0.29, 0.717) is 17.2 Å². The Kier molecular flexibility index (Phi) is 5.57. The average molecular weight is 315 g/mol. The number of esters is 1. The van der Waals surface area contributed by atoms with Crippen LogP contribution in [0.2, 0.25) is 0 Å². The third kappa shape index (κ3) is 5.35. The first-order chi connectivity index (χ1) is 11.1. The van der Waals surface area contributed by atoms with E-state index in [9.17, 15) is 9.59 Å². The lowest BCUT2D eigenvalue weighted by molar-refractivity contribution is -0.142. The molecule has 0 spiro atoms. The van der Waals surface area contributed by atoms with Crippen LogP contribution >= 0.6 is 0 Å². The molecular formula is C17H17NO5. The van der Waals surface area contributed by atoms with Crippen molar-refractivity contribution in [1.82, 2.24) is 0 Å². The van der Waals surface area contributed by atoms with E-state index in [1.165, 1.54) is 12.2 Å². The fourth-order valence-corrected chi connectivity index (χ4v) is 1.75. The van der Waals surface area contributed by atoms with Gasteiger partial charge in [0.15, 0.2) is 6.61 Å². The third-order valence-corrected chi connectivity index (χ3v) is 2.86. The van der Waals surface area contributed by atoms with Gasteiger partial charge in [0.25, 0.3) is 5.91 Å². The van der Waals surface area contributed by atoms with Gasteiger partial charge in [-0.15, -0.1) is 0 Å². The van der Waals surface area contributed by atoms with Crippen LogP contribution in [0.5, 0.6) is 5.75 Å². The van der Waals surface area contributed by atoms with Crippen molar-refractivity contribution in [3.8, 4) is 5.75 Å². The Bertz CT molecular complexity index is 700. The zero-order valence-electron chi connectivity index (χ0n) is 12.9. The van der Waals surface area contributed by atoms with Crippen molar-refractivity contribution in [3.63, 3.8) is 0 Å². The summed E-state index contributed by atoms with van der Waals surface area (Å²) in [6.07, 6.45) is 2.69. The predicted molar refractivity (Wildman–Crippen MR) is 85.1 cm³/mol. The van der Waals surface area contributed by atoms with Crippen LogP contribution in [0.3, 0.4) is 0 Å². The summed E-state index contributed by atoms with van der Waals surface area (Å²) in [6.45, 7) is 1.44. The molecule has 1 amide bonds. The van der Waals surface area contributed by atoms with E-state index in [0.717, 1.165) is 5.76 Å². The largest absolute Gasteiger partial charge is 0.497 e. The van der Waals surface area contributed by atoms with Crippen molar-refractivity contribution in [3.05, 3.63) is 54.0 Å². The molecule has 0 aliphatic rings. The number of hydrogen-bond acceptors (Lipinski definition) is 5. The van der Waals surface area contributed by atoms with Crippen molar-refractivity contribution in [1.29, 1.82) is 0 Å². The van der Waals surface area contributed by atoms with Crippen LogP contribution in [0.15, 0.2) is 46.9 Å². The molecule has 0 saturated heterocycles. The van der Waals surface area contributed by atoms with Crippen LogP contribution in [0.1, 0.15) is 11.5 Å². The molecule has 0 fully saturated rings. The maximum atomic E-state index is 11.7. The molecule has 2 aromatic rings. The van der Waals surface area contributed by atoms with Crippen LogP contribution < -0.4 is 10.1 Å². The average Bonchev–Trinajstić information content (AvgIpc) is 2.97. The highest BCUT2D eigenvalue weighted by molar-refractivity contribution is 5.94. The van der Waals surface area contributed by atoms with Gasteiger partial charge in [0.2, 0.25) is 0 Å². The van der Waals surface area contributed by atoms with Crippen LogP contribution in [-0.4, -0.2) is 25.6 Å². The minimum Gasteiger partial charge on any atom is -0.497 e. The summed E-state index contributed by atoms with van der Waals surface area (Å²) in [6, 6.07) is 10.3. The van der Waals surface area contributed by atoms with Crippen LogP contribution in [0, 0.1) is 6.92 Å². The SMILES string of the molecule is COc1ccc(NC(=O)COC(=O)/C=C/c2ccc(C)o2)cc1. The number of hydrogen-bond donors (Lipinski definition) is 1.